The summed E-state index contributed by atoms with van der Waals surface area (Å²) in [4.78, 5) is 18.8. The van der Waals surface area contributed by atoms with E-state index in [9.17, 15) is 9.90 Å². The molecular weight excluding hydrogens is 270 g/mol. The van der Waals surface area contributed by atoms with Crippen LogP contribution in [0.1, 0.15) is 11.3 Å². The number of fused-ring (bicyclic) bond motifs is 1. The predicted octanol–water partition coefficient (Wildman–Crippen LogP) is 0.196. The lowest BCUT2D eigenvalue weighted by molar-refractivity contribution is -0.0317. The SMILES string of the molecule is Cc1ccc2nc(CN3CCOCC3CO)cc(=O)n2c1. The number of aliphatic hydroxyl groups excluding tert-OH is 1. The minimum absolute atomic E-state index is 0.0305. The number of morpholine rings is 1. The third-order valence-corrected chi connectivity index (χ3v) is 3.79. The Morgan fingerprint density at radius 3 is 3.14 bits per heavy atom. The fourth-order valence-electron chi connectivity index (χ4n) is 2.61. The fourth-order valence-corrected chi connectivity index (χ4v) is 2.61. The summed E-state index contributed by atoms with van der Waals surface area (Å²) in [6.45, 7) is 4.43. The molecule has 0 saturated carbocycles. The van der Waals surface area contributed by atoms with Crippen LogP contribution in [0.2, 0.25) is 0 Å². The first-order valence-electron chi connectivity index (χ1n) is 7.09. The number of aliphatic hydroxyl groups is 1. The minimum Gasteiger partial charge on any atom is -0.395 e. The maximum Gasteiger partial charge on any atom is 0.258 e. The number of ether oxygens (including phenoxy) is 1. The topological polar surface area (TPSA) is 67.1 Å². The first-order valence-corrected chi connectivity index (χ1v) is 7.09. The quantitative estimate of drug-likeness (QED) is 0.874. The van der Waals surface area contributed by atoms with E-state index in [0.717, 1.165) is 17.8 Å². The zero-order valence-electron chi connectivity index (χ0n) is 12.0. The van der Waals surface area contributed by atoms with Crippen molar-refractivity contribution in [3.05, 3.63) is 46.0 Å². The van der Waals surface area contributed by atoms with E-state index >= 15 is 0 Å². The molecule has 1 aliphatic rings. The first-order chi connectivity index (χ1) is 10.2. The molecule has 0 spiro atoms. The van der Waals surface area contributed by atoms with Crippen LogP contribution in [0.5, 0.6) is 0 Å². The van der Waals surface area contributed by atoms with Crippen LogP contribution >= 0.6 is 0 Å². The molecule has 0 aliphatic carbocycles. The Hall–Kier alpha value is -1.76. The van der Waals surface area contributed by atoms with Gasteiger partial charge in [0.1, 0.15) is 5.65 Å². The molecule has 0 aromatic carbocycles. The molecule has 1 atom stereocenters. The van der Waals surface area contributed by atoms with Gasteiger partial charge in [-0.15, -0.1) is 0 Å². The molecule has 1 fully saturated rings. The highest BCUT2D eigenvalue weighted by atomic mass is 16.5. The largest absolute Gasteiger partial charge is 0.395 e. The van der Waals surface area contributed by atoms with Crippen molar-refractivity contribution in [1.29, 1.82) is 0 Å². The van der Waals surface area contributed by atoms with Crippen molar-refractivity contribution in [2.75, 3.05) is 26.4 Å². The molecule has 112 valence electrons. The van der Waals surface area contributed by atoms with Gasteiger partial charge in [0.05, 0.1) is 31.6 Å². The summed E-state index contributed by atoms with van der Waals surface area (Å²) in [5.74, 6) is 0. The van der Waals surface area contributed by atoms with E-state index in [1.807, 2.05) is 19.1 Å². The number of hydrogen-bond donors (Lipinski definition) is 1. The van der Waals surface area contributed by atoms with Gasteiger partial charge in [-0.1, -0.05) is 6.07 Å². The molecule has 1 saturated heterocycles. The molecule has 1 N–H and O–H groups in total. The number of aryl methyl sites for hydroxylation is 1. The third kappa shape index (κ3) is 2.97. The summed E-state index contributed by atoms with van der Waals surface area (Å²) in [7, 11) is 0. The maximum absolute atomic E-state index is 12.2. The van der Waals surface area contributed by atoms with E-state index in [2.05, 4.69) is 9.88 Å². The lowest BCUT2D eigenvalue weighted by atomic mass is 10.2. The summed E-state index contributed by atoms with van der Waals surface area (Å²) in [6.07, 6.45) is 1.79. The molecule has 2 aromatic heterocycles. The summed E-state index contributed by atoms with van der Waals surface area (Å²) in [5, 5.41) is 9.39. The zero-order valence-corrected chi connectivity index (χ0v) is 12.0. The van der Waals surface area contributed by atoms with Crippen LogP contribution in [0.3, 0.4) is 0 Å². The van der Waals surface area contributed by atoms with Crippen molar-refractivity contribution in [2.24, 2.45) is 0 Å². The molecular formula is C15H19N3O3. The van der Waals surface area contributed by atoms with Crippen LogP contribution in [-0.4, -0.2) is 51.8 Å². The number of aromatic nitrogens is 2. The standard InChI is InChI=1S/C15H19N3O3/c1-11-2-3-14-16-12(6-15(20)18(14)7-11)8-17-4-5-21-10-13(17)9-19/h2-3,6-7,13,19H,4-5,8-10H2,1H3. The Balaban J connectivity index is 1.90. The van der Waals surface area contributed by atoms with Crippen molar-refractivity contribution < 1.29 is 9.84 Å². The normalized spacial score (nSPS) is 20.0. The van der Waals surface area contributed by atoms with Gasteiger partial charge in [-0.25, -0.2) is 4.98 Å². The van der Waals surface area contributed by atoms with Gasteiger partial charge in [-0.3, -0.25) is 14.1 Å². The Morgan fingerprint density at radius 2 is 2.33 bits per heavy atom. The van der Waals surface area contributed by atoms with Crippen LogP contribution < -0.4 is 5.56 Å². The van der Waals surface area contributed by atoms with Crippen molar-refractivity contribution in [1.82, 2.24) is 14.3 Å². The second-order valence-electron chi connectivity index (χ2n) is 5.40. The highest BCUT2D eigenvalue weighted by Crippen LogP contribution is 2.11. The van der Waals surface area contributed by atoms with Gasteiger partial charge >= 0.3 is 0 Å². The molecule has 1 unspecified atom stereocenters. The van der Waals surface area contributed by atoms with Crippen molar-refractivity contribution in [3.63, 3.8) is 0 Å². The maximum atomic E-state index is 12.2. The first kappa shape index (κ1) is 14.2. The monoisotopic (exact) mass is 289 g/mol. The van der Waals surface area contributed by atoms with Gasteiger partial charge in [-0.05, 0) is 18.6 Å². The summed E-state index contributed by atoms with van der Waals surface area (Å²) in [5.41, 5.74) is 2.32. The van der Waals surface area contributed by atoms with Gasteiger partial charge in [0.15, 0.2) is 0 Å². The van der Waals surface area contributed by atoms with Crippen LogP contribution in [0.25, 0.3) is 5.65 Å². The van der Waals surface area contributed by atoms with Crippen LogP contribution in [-0.2, 0) is 11.3 Å². The molecule has 3 rings (SSSR count). The molecule has 0 amide bonds. The van der Waals surface area contributed by atoms with E-state index in [0.29, 0.717) is 25.4 Å². The van der Waals surface area contributed by atoms with E-state index in [4.69, 9.17) is 4.74 Å². The Kier molecular flexibility index (Phi) is 4.01. The van der Waals surface area contributed by atoms with Crippen LogP contribution in [0, 0.1) is 6.92 Å². The van der Waals surface area contributed by atoms with Crippen LogP contribution in [0.4, 0.5) is 0 Å². The highest BCUT2D eigenvalue weighted by Gasteiger charge is 2.22. The number of hydrogen-bond acceptors (Lipinski definition) is 5. The number of nitrogens with zero attached hydrogens (tertiary/aromatic N) is 3. The van der Waals surface area contributed by atoms with E-state index in [1.54, 1.807) is 16.7 Å². The smallest absolute Gasteiger partial charge is 0.258 e. The number of pyridine rings is 1. The summed E-state index contributed by atoms with van der Waals surface area (Å²) >= 11 is 0. The Bertz CT molecular complexity index is 698. The summed E-state index contributed by atoms with van der Waals surface area (Å²) < 4.78 is 6.92. The van der Waals surface area contributed by atoms with Crippen LogP contribution in [0.15, 0.2) is 29.2 Å². The molecule has 6 heteroatoms. The van der Waals surface area contributed by atoms with Gasteiger partial charge < -0.3 is 9.84 Å². The molecule has 1 aliphatic heterocycles. The predicted molar refractivity (Wildman–Crippen MR) is 78.3 cm³/mol. The lowest BCUT2D eigenvalue weighted by Crippen LogP contribution is -2.47. The minimum atomic E-state index is -0.0764. The Morgan fingerprint density at radius 1 is 1.48 bits per heavy atom. The van der Waals surface area contributed by atoms with Crippen molar-refractivity contribution >= 4 is 5.65 Å². The highest BCUT2D eigenvalue weighted by molar-refractivity contribution is 5.39. The van der Waals surface area contributed by atoms with Gasteiger partial charge in [0.25, 0.3) is 5.56 Å². The van der Waals surface area contributed by atoms with Gasteiger partial charge in [0, 0.05) is 25.4 Å². The average molecular weight is 289 g/mol. The second kappa shape index (κ2) is 5.93. The van der Waals surface area contributed by atoms with Crippen molar-refractivity contribution in [2.45, 2.75) is 19.5 Å². The molecule has 3 heterocycles. The van der Waals surface area contributed by atoms with E-state index < -0.39 is 0 Å². The third-order valence-electron chi connectivity index (χ3n) is 3.79. The molecule has 0 radical (unpaired) electrons. The lowest BCUT2D eigenvalue weighted by Gasteiger charge is -2.34. The molecule has 0 bridgehead atoms. The number of rotatable bonds is 3. The van der Waals surface area contributed by atoms with E-state index in [1.165, 1.54) is 0 Å². The molecule has 6 nitrogen and oxygen atoms in total. The second-order valence-corrected chi connectivity index (χ2v) is 5.40. The summed E-state index contributed by atoms with van der Waals surface area (Å²) in [6, 6.07) is 5.33. The average Bonchev–Trinajstić information content (AvgIpc) is 2.49. The van der Waals surface area contributed by atoms with E-state index in [-0.39, 0.29) is 18.2 Å². The zero-order chi connectivity index (χ0) is 14.8. The molecule has 21 heavy (non-hydrogen) atoms. The van der Waals surface area contributed by atoms with Gasteiger partial charge in [0.2, 0.25) is 0 Å². The van der Waals surface area contributed by atoms with Gasteiger partial charge in [-0.2, -0.15) is 0 Å². The Labute approximate surface area is 122 Å². The molecule has 2 aromatic rings. The van der Waals surface area contributed by atoms with Crippen molar-refractivity contribution in [3.8, 4) is 0 Å². The fraction of sp³-hybridized carbons (Fsp3) is 0.467.